The van der Waals surface area contributed by atoms with Crippen molar-refractivity contribution in [1.82, 2.24) is 0 Å². The summed E-state index contributed by atoms with van der Waals surface area (Å²) in [6.45, 7) is 7.73. The van der Waals surface area contributed by atoms with Crippen LogP contribution in [0.2, 0.25) is 0 Å². The Labute approximate surface area is 118 Å². The van der Waals surface area contributed by atoms with Crippen LogP contribution in [0.15, 0.2) is 12.1 Å². The fourth-order valence-electron chi connectivity index (χ4n) is 2.69. The van der Waals surface area contributed by atoms with Crippen LogP contribution in [0, 0.1) is 28.4 Å². The Morgan fingerprint density at radius 2 is 1.85 bits per heavy atom. The van der Waals surface area contributed by atoms with E-state index in [1.165, 1.54) is 0 Å². The Balaban J connectivity index is 2.29. The van der Waals surface area contributed by atoms with Crippen LogP contribution < -0.4 is 10.6 Å². The lowest BCUT2D eigenvalue weighted by molar-refractivity contribution is 0.263. The molecule has 0 aromatic heterocycles. The van der Waals surface area contributed by atoms with Gasteiger partial charge in [0.25, 0.3) is 0 Å². The maximum absolute atomic E-state index is 14.1. The smallest absolute Gasteiger partial charge is 0.150 e. The highest BCUT2D eigenvalue weighted by atomic mass is 19.1. The predicted molar refractivity (Wildman–Crippen MR) is 77.1 cm³/mol. The standard InChI is InChI=1S/C15H21F2N3/c1-15(2,3)10-4-5-20(8-10)13-11(16)6-9(14(18)19)7-12(13)17/h6-7,10H,4-5,8H2,1-3H3,(H3,18,19). The number of hydrogen-bond acceptors (Lipinski definition) is 2. The summed E-state index contributed by atoms with van der Waals surface area (Å²) < 4.78 is 28.2. The van der Waals surface area contributed by atoms with Gasteiger partial charge in [-0.3, -0.25) is 5.41 Å². The lowest BCUT2D eigenvalue weighted by Crippen LogP contribution is -2.27. The summed E-state index contributed by atoms with van der Waals surface area (Å²) in [6, 6.07) is 2.26. The van der Waals surface area contributed by atoms with Crippen molar-refractivity contribution in [2.45, 2.75) is 27.2 Å². The number of hydrogen-bond donors (Lipinski definition) is 2. The second-order valence-corrected chi connectivity index (χ2v) is 6.50. The first-order chi connectivity index (χ1) is 9.20. The molecular weight excluding hydrogens is 260 g/mol. The van der Waals surface area contributed by atoms with E-state index in [2.05, 4.69) is 20.8 Å². The molecule has 0 saturated carbocycles. The number of halogens is 2. The van der Waals surface area contributed by atoms with Gasteiger partial charge in [0.05, 0.1) is 0 Å². The van der Waals surface area contributed by atoms with Gasteiger partial charge in [-0.15, -0.1) is 0 Å². The average molecular weight is 281 g/mol. The summed E-state index contributed by atoms with van der Waals surface area (Å²) in [6.07, 6.45) is 0.927. The first-order valence-corrected chi connectivity index (χ1v) is 6.78. The Hall–Kier alpha value is -1.65. The van der Waals surface area contributed by atoms with Crippen molar-refractivity contribution in [2.75, 3.05) is 18.0 Å². The van der Waals surface area contributed by atoms with Crippen molar-refractivity contribution in [3.63, 3.8) is 0 Å². The maximum atomic E-state index is 14.1. The largest absolute Gasteiger partial charge is 0.384 e. The van der Waals surface area contributed by atoms with Crippen molar-refractivity contribution >= 4 is 11.5 Å². The van der Waals surface area contributed by atoms with Gasteiger partial charge in [-0.1, -0.05) is 20.8 Å². The molecule has 110 valence electrons. The lowest BCUT2D eigenvalue weighted by Gasteiger charge is -2.27. The number of nitrogens with two attached hydrogens (primary N) is 1. The molecule has 1 fully saturated rings. The van der Waals surface area contributed by atoms with E-state index in [9.17, 15) is 8.78 Å². The first kappa shape index (κ1) is 14.8. The second kappa shape index (κ2) is 5.04. The van der Waals surface area contributed by atoms with Gasteiger partial charge in [-0.25, -0.2) is 8.78 Å². The minimum absolute atomic E-state index is 0.00162. The van der Waals surface area contributed by atoms with Gasteiger partial charge in [0.2, 0.25) is 0 Å². The molecule has 1 aromatic carbocycles. The molecule has 0 radical (unpaired) electrons. The third-order valence-electron chi connectivity index (χ3n) is 4.06. The number of rotatable bonds is 2. The zero-order valence-corrected chi connectivity index (χ0v) is 12.1. The summed E-state index contributed by atoms with van der Waals surface area (Å²) >= 11 is 0. The Bertz CT molecular complexity index is 511. The van der Waals surface area contributed by atoms with Crippen molar-refractivity contribution in [3.8, 4) is 0 Å². The maximum Gasteiger partial charge on any atom is 0.150 e. The molecule has 0 amide bonds. The highest BCUT2D eigenvalue weighted by Gasteiger charge is 2.33. The average Bonchev–Trinajstić information content (AvgIpc) is 2.76. The van der Waals surface area contributed by atoms with Crippen LogP contribution in [0.1, 0.15) is 32.8 Å². The van der Waals surface area contributed by atoms with Gasteiger partial charge >= 0.3 is 0 Å². The van der Waals surface area contributed by atoms with Crippen molar-refractivity contribution in [3.05, 3.63) is 29.3 Å². The van der Waals surface area contributed by atoms with Crippen LogP contribution in [-0.4, -0.2) is 18.9 Å². The van der Waals surface area contributed by atoms with Crippen LogP contribution in [0.25, 0.3) is 0 Å². The Kier molecular flexibility index (Phi) is 3.71. The van der Waals surface area contributed by atoms with Gasteiger partial charge in [0, 0.05) is 18.7 Å². The molecule has 1 aromatic rings. The molecule has 1 atom stereocenters. The van der Waals surface area contributed by atoms with Crippen LogP contribution in [0.3, 0.4) is 0 Å². The molecule has 1 aliphatic heterocycles. The molecule has 3 N–H and O–H groups in total. The number of nitrogens with one attached hydrogen (secondary N) is 1. The van der Waals surface area contributed by atoms with Gasteiger partial charge in [0.15, 0.2) is 0 Å². The molecule has 2 rings (SSSR count). The van der Waals surface area contributed by atoms with Gasteiger partial charge in [-0.05, 0) is 29.9 Å². The molecule has 0 spiro atoms. The highest BCUT2D eigenvalue weighted by molar-refractivity contribution is 5.95. The number of nitrogen functional groups attached to an aromatic ring is 1. The molecule has 0 aliphatic carbocycles. The van der Waals surface area contributed by atoms with E-state index in [0.29, 0.717) is 19.0 Å². The van der Waals surface area contributed by atoms with E-state index in [0.717, 1.165) is 18.6 Å². The minimum atomic E-state index is -0.648. The van der Waals surface area contributed by atoms with Gasteiger partial charge < -0.3 is 10.6 Å². The third kappa shape index (κ3) is 2.76. The third-order valence-corrected chi connectivity index (χ3v) is 4.06. The SMILES string of the molecule is CC(C)(C)C1CCN(c2c(F)cc(C(=N)N)cc2F)C1. The van der Waals surface area contributed by atoms with Crippen LogP contribution in [0.4, 0.5) is 14.5 Å². The monoisotopic (exact) mass is 281 g/mol. The predicted octanol–water partition coefficient (Wildman–Crippen LogP) is 3.12. The quantitative estimate of drug-likeness (QED) is 0.646. The van der Waals surface area contributed by atoms with E-state index >= 15 is 0 Å². The molecule has 3 nitrogen and oxygen atoms in total. The topological polar surface area (TPSA) is 53.1 Å². The van der Waals surface area contributed by atoms with Crippen molar-refractivity contribution in [1.29, 1.82) is 5.41 Å². The fraction of sp³-hybridized carbons (Fsp3) is 0.533. The molecule has 20 heavy (non-hydrogen) atoms. The van der Waals surface area contributed by atoms with E-state index in [-0.39, 0.29) is 22.5 Å². The van der Waals surface area contributed by atoms with Crippen molar-refractivity contribution < 1.29 is 8.78 Å². The summed E-state index contributed by atoms with van der Waals surface area (Å²) in [5.41, 5.74) is 5.48. The van der Waals surface area contributed by atoms with E-state index in [1.54, 1.807) is 4.90 Å². The number of amidine groups is 1. The summed E-state index contributed by atoms with van der Waals surface area (Å²) in [4.78, 5) is 1.75. The number of anilines is 1. The summed E-state index contributed by atoms with van der Waals surface area (Å²) in [5.74, 6) is -1.22. The van der Waals surface area contributed by atoms with Crippen molar-refractivity contribution in [2.24, 2.45) is 17.1 Å². The van der Waals surface area contributed by atoms with E-state index < -0.39 is 11.6 Å². The number of benzene rings is 1. The minimum Gasteiger partial charge on any atom is -0.384 e. The second-order valence-electron chi connectivity index (χ2n) is 6.50. The van der Waals surface area contributed by atoms with Gasteiger partial charge in [-0.2, -0.15) is 0 Å². The molecule has 5 heteroatoms. The molecule has 1 unspecified atom stereocenters. The molecule has 1 heterocycles. The normalized spacial score (nSPS) is 19.4. The first-order valence-electron chi connectivity index (χ1n) is 6.78. The van der Waals surface area contributed by atoms with Gasteiger partial charge in [0.1, 0.15) is 23.2 Å². The summed E-state index contributed by atoms with van der Waals surface area (Å²) in [7, 11) is 0. The Morgan fingerprint density at radius 1 is 1.30 bits per heavy atom. The summed E-state index contributed by atoms with van der Waals surface area (Å²) in [5, 5.41) is 7.25. The van der Waals surface area contributed by atoms with E-state index in [4.69, 9.17) is 11.1 Å². The molecular formula is C15H21F2N3. The fourth-order valence-corrected chi connectivity index (χ4v) is 2.69. The lowest BCUT2D eigenvalue weighted by atomic mass is 9.80. The Morgan fingerprint density at radius 3 is 2.25 bits per heavy atom. The van der Waals surface area contributed by atoms with Crippen LogP contribution in [0.5, 0.6) is 0 Å². The zero-order chi connectivity index (χ0) is 15.1. The number of nitrogens with zero attached hydrogens (tertiary/aromatic N) is 1. The zero-order valence-electron chi connectivity index (χ0n) is 12.1. The molecule has 0 bridgehead atoms. The molecule has 1 aliphatic rings. The molecule has 1 saturated heterocycles. The van der Waals surface area contributed by atoms with Crippen LogP contribution in [-0.2, 0) is 0 Å². The highest BCUT2D eigenvalue weighted by Crippen LogP contribution is 2.37. The van der Waals surface area contributed by atoms with Crippen LogP contribution >= 0.6 is 0 Å². The van der Waals surface area contributed by atoms with E-state index in [1.807, 2.05) is 0 Å².